The monoisotopic (exact) mass is 263 g/mol. The number of hydrogen-bond donors (Lipinski definition) is 1. The second kappa shape index (κ2) is 6.51. The molecule has 3 nitrogen and oxygen atoms in total. The molecule has 0 saturated carbocycles. The number of rotatable bonds is 6. The standard InChI is InChI=1S/C16H25NO2/c1-12(2)11-17(8-9-19-3)15-10-13-6-4-5-7-14(13)16(15)18/h4-7,12,15-16,18H,8-11H2,1-3H3. The van der Waals surface area contributed by atoms with Crippen molar-refractivity contribution in [3.63, 3.8) is 0 Å². The SMILES string of the molecule is COCCN(CC(C)C)C1Cc2ccccc2C1O. The average molecular weight is 263 g/mol. The number of ether oxygens (including phenoxy) is 1. The highest BCUT2D eigenvalue weighted by molar-refractivity contribution is 5.35. The third kappa shape index (κ3) is 3.35. The lowest BCUT2D eigenvalue weighted by molar-refractivity contribution is 0.0371. The van der Waals surface area contributed by atoms with Gasteiger partial charge < -0.3 is 9.84 Å². The van der Waals surface area contributed by atoms with E-state index in [9.17, 15) is 5.11 Å². The Kier molecular flexibility index (Phi) is 4.97. The summed E-state index contributed by atoms with van der Waals surface area (Å²) in [6.07, 6.45) is 0.570. The summed E-state index contributed by atoms with van der Waals surface area (Å²) < 4.78 is 5.20. The third-order valence-electron chi connectivity index (χ3n) is 3.82. The Hall–Kier alpha value is -0.900. The van der Waals surface area contributed by atoms with Crippen LogP contribution in [0.3, 0.4) is 0 Å². The van der Waals surface area contributed by atoms with E-state index in [4.69, 9.17) is 4.74 Å². The van der Waals surface area contributed by atoms with Crippen LogP contribution < -0.4 is 0 Å². The fourth-order valence-electron chi connectivity index (χ4n) is 2.95. The van der Waals surface area contributed by atoms with Crippen molar-refractivity contribution in [1.82, 2.24) is 4.90 Å². The van der Waals surface area contributed by atoms with E-state index < -0.39 is 0 Å². The van der Waals surface area contributed by atoms with E-state index in [2.05, 4.69) is 30.9 Å². The van der Waals surface area contributed by atoms with E-state index in [1.165, 1.54) is 5.56 Å². The molecule has 2 rings (SSSR count). The van der Waals surface area contributed by atoms with Crippen LogP contribution in [-0.2, 0) is 11.2 Å². The highest BCUT2D eigenvalue weighted by Gasteiger charge is 2.34. The molecule has 106 valence electrons. The highest BCUT2D eigenvalue weighted by Crippen LogP contribution is 2.34. The van der Waals surface area contributed by atoms with Crippen LogP contribution in [0.5, 0.6) is 0 Å². The van der Waals surface area contributed by atoms with E-state index in [-0.39, 0.29) is 12.1 Å². The van der Waals surface area contributed by atoms with Gasteiger partial charge in [-0.2, -0.15) is 0 Å². The van der Waals surface area contributed by atoms with Gasteiger partial charge in [0.05, 0.1) is 12.7 Å². The van der Waals surface area contributed by atoms with Crippen molar-refractivity contribution >= 4 is 0 Å². The molecule has 1 aromatic carbocycles. The van der Waals surface area contributed by atoms with Gasteiger partial charge in [-0.3, -0.25) is 4.90 Å². The molecule has 1 aliphatic carbocycles. The van der Waals surface area contributed by atoms with E-state index in [1.54, 1.807) is 7.11 Å². The minimum atomic E-state index is -0.369. The number of methoxy groups -OCH3 is 1. The van der Waals surface area contributed by atoms with Gasteiger partial charge in [0.25, 0.3) is 0 Å². The minimum Gasteiger partial charge on any atom is -0.387 e. The summed E-state index contributed by atoms with van der Waals surface area (Å²) in [6, 6.07) is 8.42. The van der Waals surface area contributed by atoms with Crippen LogP contribution in [-0.4, -0.2) is 42.9 Å². The molecule has 1 aliphatic rings. The van der Waals surface area contributed by atoms with Gasteiger partial charge in [-0.1, -0.05) is 38.1 Å². The molecule has 0 amide bonds. The zero-order valence-corrected chi connectivity index (χ0v) is 12.2. The molecule has 2 unspecified atom stereocenters. The maximum absolute atomic E-state index is 10.5. The number of fused-ring (bicyclic) bond motifs is 1. The van der Waals surface area contributed by atoms with Gasteiger partial charge in [-0.05, 0) is 23.5 Å². The Labute approximate surface area is 116 Å². The molecule has 0 spiro atoms. The van der Waals surface area contributed by atoms with Crippen LogP contribution in [0.1, 0.15) is 31.1 Å². The second-order valence-electron chi connectivity index (χ2n) is 5.80. The van der Waals surface area contributed by atoms with Crippen molar-refractivity contribution in [2.75, 3.05) is 26.8 Å². The van der Waals surface area contributed by atoms with Crippen LogP contribution in [0, 0.1) is 5.92 Å². The van der Waals surface area contributed by atoms with Crippen molar-refractivity contribution < 1.29 is 9.84 Å². The summed E-state index contributed by atoms with van der Waals surface area (Å²) in [5.74, 6) is 0.591. The zero-order chi connectivity index (χ0) is 13.8. The molecule has 0 saturated heterocycles. The fourth-order valence-corrected chi connectivity index (χ4v) is 2.95. The maximum atomic E-state index is 10.5. The van der Waals surface area contributed by atoms with Crippen molar-refractivity contribution in [3.05, 3.63) is 35.4 Å². The Balaban J connectivity index is 2.11. The summed E-state index contributed by atoms with van der Waals surface area (Å²) in [5.41, 5.74) is 2.38. The van der Waals surface area contributed by atoms with Gasteiger partial charge in [0.2, 0.25) is 0 Å². The molecular formula is C16H25NO2. The Morgan fingerprint density at radius 3 is 2.74 bits per heavy atom. The Morgan fingerprint density at radius 1 is 1.37 bits per heavy atom. The summed E-state index contributed by atoms with van der Waals surface area (Å²) in [6.45, 7) is 7.03. The zero-order valence-electron chi connectivity index (χ0n) is 12.2. The van der Waals surface area contributed by atoms with Crippen LogP contribution >= 0.6 is 0 Å². The molecule has 1 aromatic rings. The Morgan fingerprint density at radius 2 is 2.11 bits per heavy atom. The van der Waals surface area contributed by atoms with Crippen molar-refractivity contribution in [3.8, 4) is 0 Å². The molecule has 3 heteroatoms. The smallest absolute Gasteiger partial charge is 0.0951 e. The number of hydrogen-bond acceptors (Lipinski definition) is 3. The minimum absolute atomic E-state index is 0.190. The van der Waals surface area contributed by atoms with Crippen LogP contribution in [0.15, 0.2) is 24.3 Å². The predicted molar refractivity (Wildman–Crippen MR) is 77.2 cm³/mol. The largest absolute Gasteiger partial charge is 0.387 e. The molecule has 0 heterocycles. The maximum Gasteiger partial charge on any atom is 0.0951 e. The number of nitrogens with zero attached hydrogens (tertiary/aromatic N) is 1. The van der Waals surface area contributed by atoms with E-state index in [1.807, 2.05) is 12.1 Å². The topological polar surface area (TPSA) is 32.7 Å². The molecule has 0 radical (unpaired) electrons. The van der Waals surface area contributed by atoms with Crippen molar-refractivity contribution in [2.45, 2.75) is 32.4 Å². The number of benzene rings is 1. The number of aliphatic hydroxyl groups excluding tert-OH is 1. The quantitative estimate of drug-likeness (QED) is 0.854. The van der Waals surface area contributed by atoms with Gasteiger partial charge in [-0.15, -0.1) is 0 Å². The Bertz CT molecular complexity index is 405. The molecule has 0 aromatic heterocycles. The highest BCUT2D eigenvalue weighted by atomic mass is 16.5. The van der Waals surface area contributed by atoms with Gasteiger partial charge in [0.1, 0.15) is 0 Å². The summed E-state index contributed by atoms with van der Waals surface area (Å²) in [4.78, 5) is 2.37. The predicted octanol–water partition coefficient (Wildman–Crippen LogP) is 2.25. The van der Waals surface area contributed by atoms with E-state index in [0.29, 0.717) is 12.5 Å². The first-order chi connectivity index (χ1) is 9.13. The van der Waals surface area contributed by atoms with Gasteiger partial charge in [0.15, 0.2) is 0 Å². The van der Waals surface area contributed by atoms with Gasteiger partial charge in [-0.25, -0.2) is 0 Å². The third-order valence-corrected chi connectivity index (χ3v) is 3.82. The molecular weight excluding hydrogens is 238 g/mol. The number of aliphatic hydroxyl groups is 1. The van der Waals surface area contributed by atoms with Crippen LogP contribution in [0.4, 0.5) is 0 Å². The van der Waals surface area contributed by atoms with Crippen LogP contribution in [0.25, 0.3) is 0 Å². The van der Waals surface area contributed by atoms with E-state index >= 15 is 0 Å². The molecule has 0 bridgehead atoms. The van der Waals surface area contributed by atoms with Crippen LogP contribution in [0.2, 0.25) is 0 Å². The average Bonchev–Trinajstić information content (AvgIpc) is 2.72. The van der Waals surface area contributed by atoms with Crippen molar-refractivity contribution in [1.29, 1.82) is 0 Å². The van der Waals surface area contributed by atoms with Gasteiger partial charge >= 0.3 is 0 Å². The summed E-state index contributed by atoms with van der Waals surface area (Å²) >= 11 is 0. The molecule has 0 fully saturated rings. The lowest BCUT2D eigenvalue weighted by Gasteiger charge is -2.32. The lowest BCUT2D eigenvalue weighted by Crippen LogP contribution is -2.42. The normalized spacial score (nSPS) is 22.2. The molecule has 19 heavy (non-hydrogen) atoms. The first kappa shape index (κ1) is 14.5. The first-order valence-corrected chi connectivity index (χ1v) is 7.12. The molecule has 0 aliphatic heterocycles. The first-order valence-electron chi connectivity index (χ1n) is 7.12. The summed E-state index contributed by atoms with van der Waals surface area (Å²) in [7, 11) is 1.73. The molecule has 2 atom stereocenters. The molecule has 1 N–H and O–H groups in total. The second-order valence-corrected chi connectivity index (χ2v) is 5.80. The van der Waals surface area contributed by atoms with Gasteiger partial charge in [0, 0.05) is 26.2 Å². The van der Waals surface area contributed by atoms with E-state index in [0.717, 1.165) is 25.1 Å². The fraction of sp³-hybridized carbons (Fsp3) is 0.625. The lowest BCUT2D eigenvalue weighted by atomic mass is 10.1. The van der Waals surface area contributed by atoms with Crippen molar-refractivity contribution in [2.24, 2.45) is 5.92 Å². The summed E-state index contributed by atoms with van der Waals surface area (Å²) in [5, 5.41) is 10.5.